The Morgan fingerprint density at radius 1 is 1.30 bits per heavy atom. The number of hydrazine groups is 1. The van der Waals surface area contributed by atoms with Crippen LogP contribution in [0.1, 0.15) is 37.0 Å². The third-order valence-electron chi connectivity index (χ3n) is 3.43. The summed E-state index contributed by atoms with van der Waals surface area (Å²) >= 11 is 0. The van der Waals surface area contributed by atoms with Gasteiger partial charge in [0.2, 0.25) is 0 Å². The Morgan fingerprint density at radius 2 is 2.00 bits per heavy atom. The molecule has 0 saturated heterocycles. The number of hydrogen-bond acceptors (Lipinski definition) is 4. The van der Waals surface area contributed by atoms with E-state index < -0.39 is 0 Å². The van der Waals surface area contributed by atoms with Gasteiger partial charge < -0.3 is 15.6 Å². The van der Waals surface area contributed by atoms with Gasteiger partial charge in [-0.2, -0.15) is 0 Å². The van der Waals surface area contributed by atoms with Gasteiger partial charge in [-0.1, -0.05) is 12.1 Å². The van der Waals surface area contributed by atoms with Crippen molar-refractivity contribution < 1.29 is 4.79 Å². The zero-order valence-corrected chi connectivity index (χ0v) is 12.6. The number of nitrogens with two attached hydrogens (primary N) is 1. The fourth-order valence-corrected chi connectivity index (χ4v) is 1.85. The van der Waals surface area contributed by atoms with Crippen LogP contribution in [-0.4, -0.2) is 37.0 Å². The molecule has 0 atom stereocenters. The number of amides is 1. The van der Waals surface area contributed by atoms with Gasteiger partial charge in [0.05, 0.1) is 11.3 Å². The van der Waals surface area contributed by atoms with Gasteiger partial charge >= 0.3 is 0 Å². The normalized spacial score (nSPS) is 10.9. The van der Waals surface area contributed by atoms with Crippen molar-refractivity contribution in [3.63, 3.8) is 0 Å². The van der Waals surface area contributed by atoms with E-state index in [-0.39, 0.29) is 5.91 Å². The molecule has 20 heavy (non-hydrogen) atoms. The lowest BCUT2D eigenvalue weighted by molar-refractivity contribution is 0.0953. The summed E-state index contributed by atoms with van der Waals surface area (Å²) in [6.07, 6.45) is 2.05. The number of nitrogen functional groups attached to an aromatic ring is 1. The van der Waals surface area contributed by atoms with Crippen LogP contribution in [0.15, 0.2) is 24.3 Å². The van der Waals surface area contributed by atoms with E-state index in [4.69, 9.17) is 5.84 Å². The number of hydrogen-bond donors (Lipinski definition) is 3. The summed E-state index contributed by atoms with van der Waals surface area (Å²) in [7, 11) is 2.12. The highest BCUT2D eigenvalue weighted by Crippen LogP contribution is 2.12. The molecule has 0 radical (unpaired) electrons. The molecule has 5 heteroatoms. The monoisotopic (exact) mass is 278 g/mol. The third kappa shape index (κ3) is 5.19. The maximum absolute atomic E-state index is 12.0. The molecule has 0 aromatic heterocycles. The van der Waals surface area contributed by atoms with E-state index in [1.54, 1.807) is 12.1 Å². The highest BCUT2D eigenvalue weighted by atomic mass is 16.1. The average Bonchev–Trinajstić information content (AvgIpc) is 2.46. The molecule has 0 heterocycles. The van der Waals surface area contributed by atoms with E-state index in [0.29, 0.717) is 23.8 Å². The summed E-state index contributed by atoms with van der Waals surface area (Å²) in [5.41, 5.74) is 3.76. The zero-order valence-electron chi connectivity index (χ0n) is 12.6. The molecule has 1 aromatic rings. The quantitative estimate of drug-likeness (QED) is 0.385. The van der Waals surface area contributed by atoms with E-state index in [9.17, 15) is 4.79 Å². The van der Waals surface area contributed by atoms with Gasteiger partial charge in [0.15, 0.2) is 0 Å². The van der Waals surface area contributed by atoms with Crippen LogP contribution in [-0.2, 0) is 0 Å². The van der Waals surface area contributed by atoms with E-state index in [1.165, 1.54) is 0 Å². The predicted molar refractivity (Wildman–Crippen MR) is 83.6 cm³/mol. The number of carbonyl (C=O) groups excluding carboxylic acids is 1. The number of carbonyl (C=O) groups is 1. The van der Waals surface area contributed by atoms with Crippen molar-refractivity contribution >= 4 is 11.6 Å². The lowest BCUT2D eigenvalue weighted by Crippen LogP contribution is -2.29. The van der Waals surface area contributed by atoms with Gasteiger partial charge in [-0.15, -0.1) is 0 Å². The van der Waals surface area contributed by atoms with Gasteiger partial charge in [-0.05, 0) is 52.4 Å². The molecule has 0 unspecified atom stereocenters. The second-order valence-electron chi connectivity index (χ2n) is 5.23. The number of nitrogens with zero attached hydrogens (tertiary/aromatic N) is 1. The Balaban J connectivity index is 2.30. The molecule has 0 aliphatic carbocycles. The summed E-state index contributed by atoms with van der Waals surface area (Å²) < 4.78 is 0. The first-order valence-corrected chi connectivity index (χ1v) is 7.10. The lowest BCUT2D eigenvalue weighted by atomic mass is 10.1. The number of para-hydroxylation sites is 1. The highest BCUT2D eigenvalue weighted by Gasteiger charge is 2.09. The van der Waals surface area contributed by atoms with Gasteiger partial charge in [-0.3, -0.25) is 10.6 Å². The minimum absolute atomic E-state index is 0.0873. The summed E-state index contributed by atoms with van der Waals surface area (Å²) in [6.45, 7) is 6.09. The lowest BCUT2D eigenvalue weighted by Gasteiger charge is -2.20. The molecule has 1 rings (SSSR count). The highest BCUT2D eigenvalue weighted by molar-refractivity contribution is 5.99. The predicted octanol–water partition coefficient (Wildman–Crippen LogP) is 1.82. The molecule has 112 valence electrons. The first kappa shape index (κ1) is 16.5. The summed E-state index contributed by atoms with van der Waals surface area (Å²) in [6, 6.07) is 7.78. The Morgan fingerprint density at radius 3 is 2.65 bits per heavy atom. The molecule has 0 spiro atoms. The molecule has 0 aliphatic rings. The van der Waals surface area contributed by atoms with E-state index in [0.717, 1.165) is 19.4 Å². The van der Waals surface area contributed by atoms with Crippen LogP contribution in [0.25, 0.3) is 0 Å². The second-order valence-corrected chi connectivity index (χ2v) is 5.23. The van der Waals surface area contributed by atoms with Crippen molar-refractivity contribution in [2.75, 3.05) is 25.6 Å². The number of unbranched alkanes of at least 4 members (excludes halogenated alkanes) is 1. The largest absolute Gasteiger partial charge is 0.352 e. The Bertz CT molecular complexity index is 420. The van der Waals surface area contributed by atoms with Crippen LogP contribution in [0.5, 0.6) is 0 Å². The molecular weight excluding hydrogens is 252 g/mol. The van der Waals surface area contributed by atoms with Gasteiger partial charge in [-0.25, -0.2) is 0 Å². The van der Waals surface area contributed by atoms with Crippen LogP contribution >= 0.6 is 0 Å². The fourth-order valence-electron chi connectivity index (χ4n) is 1.85. The fraction of sp³-hybridized carbons (Fsp3) is 0.533. The first-order valence-electron chi connectivity index (χ1n) is 7.10. The van der Waals surface area contributed by atoms with Crippen LogP contribution in [0.3, 0.4) is 0 Å². The SMILES string of the molecule is CC(C)N(C)CCCCNC(=O)c1ccccc1NN. The minimum atomic E-state index is -0.0873. The zero-order chi connectivity index (χ0) is 15.0. The molecule has 1 amide bonds. The Kier molecular flexibility index (Phi) is 7.04. The molecule has 5 nitrogen and oxygen atoms in total. The number of benzene rings is 1. The minimum Gasteiger partial charge on any atom is -0.352 e. The summed E-state index contributed by atoms with van der Waals surface area (Å²) in [5, 5.41) is 2.92. The standard InChI is InChI=1S/C15H26N4O/c1-12(2)19(3)11-7-6-10-17-15(20)13-8-4-5-9-14(13)18-16/h4-5,8-9,12,18H,6-7,10-11,16H2,1-3H3,(H,17,20). The van der Waals surface area contributed by atoms with Crippen LogP contribution in [0.2, 0.25) is 0 Å². The Hall–Kier alpha value is -1.59. The molecule has 0 fully saturated rings. The molecular formula is C15H26N4O. The number of nitrogens with one attached hydrogen (secondary N) is 2. The molecule has 0 bridgehead atoms. The molecule has 4 N–H and O–H groups in total. The third-order valence-corrected chi connectivity index (χ3v) is 3.43. The van der Waals surface area contributed by atoms with Crippen molar-refractivity contribution in [2.24, 2.45) is 5.84 Å². The van der Waals surface area contributed by atoms with Crippen molar-refractivity contribution in [1.82, 2.24) is 10.2 Å². The maximum atomic E-state index is 12.0. The van der Waals surface area contributed by atoms with Crippen LogP contribution < -0.4 is 16.6 Å². The first-order chi connectivity index (χ1) is 9.56. The maximum Gasteiger partial charge on any atom is 0.253 e. The number of anilines is 1. The topological polar surface area (TPSA) is 70.4 Å². The smallest absolute Gasteiger partial charge is 0.253 e. The molecule has 0 saturated carbocycles. The van der Waals surface area contributed by atoms with E-state index in [2.05, 4.69) is 36.5 Å². The molecule has 1 aromatic carbocycles. The van der Waals surface area contributed by atoms with Crippen LogP contribution in [0.4, 0.5) is 5.69 Å². The van der Waals surface area contributed by atoms with Crippen molar-refractivity contribution in [2.45, 2.75) is 32.7 Å². The second kappa shape index (κ2) is 8.55. The number of rotatable bonds is 8. The average molecular weight is 278 g/mol. The van der Waals surface area contributed by atoms with Gasteiger partial charge in [0, 0.05) is 12.6 Å². The van der Waals surface area contributed by atoms with E-state index in [1.807, 2.05) is 12.1 Å². The van der Waals surface area contributed by atoms with Crippen molar-refractivity contribution in [1.29, 1.82) is 0 Å². The summed E-state index contributed by atoms with van der Waals surface area (Å²) in [4.78, 5) is 14.3. The van der Waals surface area contributed by atoms with Gasteiger partial charge in [0.25, 0.3) is 5.91 Å². The van der Waals surface area contributed by atoms with Crippen molar-refractivity contribution in [3.05, 3.63) is 29.8 Å². The van der Waals surface area contributed by atoms with E-state index >= 15 is 0 Å². The van der Waals surface area contributed by atoms with Crippen LogP contribution in [0, 0.1) is 0 Å². The summed E-state index contributed by atoms with van der Waals surface area (Å²) in [5.74, 6) is 5.30. The van der Waals surface area contributed by atoms with Crippen molar-refractivity contribution in [3.8, 4) is 0 Å². The Labute approximate surface area is 121 Å². The molecule has 0 aliphatic heterocycles. The van der Waals surface area contributed by atoms with Gasteiger partial charge in [0.1, 0.15) is 0 Å².